The van der Waals surface area contributed by atoms with Gasteiger partial charge in [-0.15, -0.1) is 0 Å². The minimum absolute atomic E-state index is 0.747. The first kappa shape index (κ1) is 4.15. The molecule has 1 radical (unpaired) electrons. The quantitative estimate of drug-likeness (QED) is 0.312. The Hall–Kier alpha value is -0.0151. The van der Waals surface area contributed by atoms with Crippen molar-refractivity contribution >= 4 is 7.48 Å². The molecule has 0 aromatic heterocycles. The maximum Gasteiger partial charge on any atom is 0.344 e. The van der Waals surface area contributed by atoms with Crippen LogP contribution in [-0.4, -0.2) is 14.1 Å². The van der Waals surface area contributed by atoms with E-state index in [0.717, 1.165) is 19.3 Å². The molecule has 1 rings (SSSR count). The fourth-order valence-corrected chi connectivity index (χ4v) is 0.370. The second-order valence-electron chi connectivity index (χ2n) is 1.23. The lowest BCUT2D eigenvalue weighted by Crippen LogP contribution is -2.08. The van der Waals surface area contributed by atoms with E-state index in [2.05, 4.69) is 9.69 Å². The molecule has 1 heterocycles. The fourth-order valence-electron chi connectivity index (χ4n) is 0.370. The lowest BCUT2D eigenvalue weighted by molar-refractivity contribution is -0.216. The van der Waals surface area contributed by atoms with Gasteiger partial charge in [0, 0.05) is 0 Å². The zero-order valence-electron chi connectivity index (χ0n) is 3.52. The van der Waals surface area contributed by atoms with E-state index in [0.29, 0.717) is 0 Å². The van der Waals surface area contributed by atoms with Crippen LogP contribution in [0.4, 0.5) is 0 Å². The van der Waals surface area contributed by atoms with Gasteiger partial charge in [0.15, 0.2) is 0 Å². The zero-order chi connectivity index (χ0) is 4.24. The van der Waals surface area contributed by atoms with Crippen molar-refractivity contribution in [2.75, 3.05) is 6.61 Å². The Morgan fingerprint density at radius 2 is 2.50 bits per heavy atom. The molecule has 1 saturated heterocycles. The van der Waals surface area contributed by atoms with Crippen molar-refractivity contribution in [2.24, 2.45) is 0 Å². The summed E-state index contributed by atoms with van der Waals surface area (Å²) >= 11 is 0. The third kappa shape index (κ3) is 0.991. The van der Waals surface area contributed by atoms with Crippen molar-refractivity contribution in [3.8, 4) is 0 Å². The van der Waals surface area contributed by atoms with E-state index in [9.17, 15) is 0 Å². The SMILES string of the molecule is [B]1CCCOO1. The fraction of sp³-hybridized carbons (Fsp3) is 1.00. The number of rotatable bonds is 0. The van der Waals surface area contributed by atoms with Crippen LogP contribution in [0.1, 0.15) is 6.42 Å². The Bertz CT molecular complexity index is 24.3. The largest absolute Gasteiger partial charge is 0.344 e. The third-order valence-corrected chi connectivity index (χ3v) is 0.686. The maximum absolute atomic E-state index is 4.51. The molecule has 1 fully saturated rings. The van der Waals surface area contributed by atoms with Crippen LogP contribution < -0.4 is 0 Å². The van der Waals surface area contributed by atoms with Crippen molar-refractivity contribution < 1.29 is 9.69 Å². The zero-order valence-corrected chi connectivity index (χ0v) is 3.52. The van der Waals surface area contributed by atoms with E-state index in [1.165, 1.54) is 0 Å². The van der Waals surface area contributed by atoms with E-state index in [-0.39, 0.29) is 0 Å². The normalized spacial score (nSPS) is 22.7. The van der Waals surface area contributed by atoms with Crippen molar-refractivity contribution in [1.82, 2.24) is 0 Å². The van der Waals surface area contributed by atoms with Gasteiger partial charge in [-0.25, -0.2) is 0 Å². The van der Waals surface area contributed by atoms with E-state index < -0.39 is 0 Å². The van der Waals surface area contributed by atoms with E-state index >= 15 is 0 Å². The van der Waals surface area contributed by atoms with Crippen molar-refractivity contribution in [3.63, 3.8) is 0 Å². The number of hydrogen-bond acceptors (Lipinski definition) is 2. The predicted octanol–water partition coefficient (Wildman–Crippen LogP) is 0.376. The number of hydrogen-bond donors (Lipinski definition) is 0. The molecule has 0 N–H and O–H groups in total. The summed E-state index contributed by atoms with van der Waals surface area (Å²) in [5.41, 5.74) is 0. The van der Waals surface area contributed by atoms with Gasteiger partial charge in [0.25, 0.3) is 0 Å². The Morgan fingerprint density at radius 1 is 1.50 bits per heavy atom. The van der Waals surface area contributed by atoms with E-state index in [4.69, 9.17) is 0 Å². The van der Waals surface area contributed by atoms with Gasteiger partial charge in [-0.3, -0.25) is 4.89 Å². The summed E-state index contributed by atoms with van der Waals surface area (Å²) in [5.74, 6) is 0. The highest BCUT2D eigenvalue weighted by Gasteiger charge is 1.99. The molecule has 0 aromatic carbocycles. The molecule has 0 bridgehead atoms. The minimum Gasteiger partial charge on any atom is -0.311 e. The molecule has 1 aliphatic heterocycles. The highest BCUT2D eigenvalue weighted by molar-refractivity contribution is 6.26. The summed E-state index contributed by atoms with van der Waals surface area (Å²) in [6.07, 6.45) is 2.12. The molecule has 1 aliphatic rings. The average molecular weight is 84.9 g/mol. The Labute approximate surface area is 37.6 Å². The summed E-state index contributed by atoms with van der Waals surface area (Å²) in [6.45, 7) is 0.747. The van der Waals surface area contributed by atoms with Gasteiger partial charge in [-0.05, 0) is 12.7 Å². The monoisotopic (exact) mass is 85.0 g/mol. The minimum atomic E-state index is 0.747. The maximum atomic E-state index is 4.51. The molecule has 0 atom stereocenters. The van der Waals surface area contributed by atoms with E-state index in [1.54, 1.807) is 7.48 Å². The summed E-state index contributed by atoms with van der Waals surface area (Å²) in [7, 11) is 1.67. The first-order chi connectivity index (χ1) is 3.00. The molecule has 0 amide bonds. The molecule has 33 valence electrons. The molecule has 3 heteroatoms. The molecular formula is C3H6BO2. The molecule has 0 aliphatic carbocycles. The Balaban J connectivity index is 2.00. The van der Waals surface area contributed by atoms with Gasteiger partial charge in [0.05, 0.1) is 6.61 Å². The highest BCUT2D eigenvalue weighted by Crippen LogP contribution is 1.96. The predicted molar refractivity (Wildman–Crippen MR) is 22.2 cm³/mol. The van der Waals surface area contributed by atoms with Crippen LogP contribution in [0.2, 0.25) is 6.32 Å². The van der Waals surface area contributed by atoms with Gasteiger partial charge >= 0.3 is 7.48 Å². The molecule has 0 aromatic rings. The summed E-state index contributed by atoms with van der Waals surface area (Å²) in [5, 5.41) is 0. The highest BCUT2D eigenvalue weighted by atomic mass is 17.2. The molecule has 2 nitrogen and oxygen atoms in total. The smallest absolute Gasteiger partial charge is 0.311 e. The Morgan fingerprint density at radius 3 is 2.67 bits per heavy atom. The third-order valence-electron chi connectivity index (χ3n) is 0.686. The van der Waals surface area contributed by atoms with Gasteiger partial charge in [0.2, 0.25) is 0 Å². The molecule has 0 saturated carbocycles. The lowest BCUT2D eigenvalue weighted by Gasteiger charge is -2.06. The van der Waals surface area contributed by atoms with Crippen LogP contribution in [0.25, 0.3) is 0 Å². The standard InChI is InChI=1S/C3H6BO2/c1-2-4-6-5-3-1/h1-3H2. The van der Waals surface area contributed by atoms with E-state index in [1.807, 2.05) is 0 Å². The van der Waals surface area contributed by atoms with Gasteiger partial charge in [-0.2, -0.15) is 0 Å². The lowest BCUT2D eigenvalue weighted by atomic mass is 9.93. The first-order valence-corrected chi connectivity index (χ1v) is 2.10. The van der Waals surface area contributed by atoms with Crippen LogP contribution in [0, 0.1) is 0 Å². The second kappa shape index (κ2) is 2.21. The van der Waals surface area contributed by atoms with Crippen molar-refractivity contribution in [2.45, 2.75) is 12.7 Å². The molecular weight excluding hydrogens is 78.8 g/mol. The van der Waals surface area contributed by atoms with Crippen LogP contribution in [-0.2, 0) is 9.69 Å². The van der Waals surface area contributed by atoms with Crippen LogP contribution in [0.5, 0.6) is 0 Å². The molecule has 0 unspecified atom stereocenters. The summed E-state index contributed by atoms with van der Waals surface area (Å²) in [4.78, 5) is 8.96. The van der Waals surface area contributed by atoms with Gasteiger partial charge in [-0.1, -0.05) is 0 Å². The van der Waals surface area contributed by atoms with Crippen molar-refractivity contribution in [3.05, 3.63) is 0 Å². The van der Waals surface area contributed by atoms with Crippen LogP contribution >= 0.6 is 0 Å². The van der Waals surface area contributed by atoms with Gasteiger partial charge < -0.3 is 4.81 Å². The topological polar surface area (TPSA) is 18.5 Å². The van der Waals surface area contributed by atoms with Crippen LogP contribution in [0.3, 0.4) is 0 Å². The van der Waals surface area contributed by atoms with Crippen LogP contribution in [0.15, 0.2) is 0 Å². The average Bonchev–Trinajstić information content (AvgIpc) is 1.72. The molecule has 6 heavy (non-hydrogen) atoms. The van der Waals surface area contributed by atoms with Crippen molar-refractivity contribution in [1.29, 1.82) is 0 Å². The summed E-state index contributed by atoms with van der Waals surface area (Å²) < 4.78 is 0. The molecule has 0 spiro atoms. The second-order valence-corrected chi connectivity index (χ2v) is 1.23. The first-order valence-electron chi connectivity index (χ1n) is 2.10. The Kier molecular flexibility index (Phi) is 1.53. The van der Waals surface area contributed by atoms with Gasteiger partial charge in [0.1, 0.15) is 0 Å². The summed E-state index contributed by atoms with van der Waals surface area (Å²) in [6, 6.07) is 0.